The molecule has 0 saturated carbocycles. The Morgan fingerprint density at radius 3 is 2.37 bits per heavy atom. The molecule has 0 radical (unpaired) electrons. The summed E-state index contributed by atoms with van der Waals surface area (Å²) >= 11 is 7.53. The first-order valence-corrected chi connectivity index (χ1v) is 11.7. The van der Waals surface area contributed by atoms with Crippen LogP contribution < -0.4 is 0 Å². The van der Waals surface area contributed by atoms with Crippen molar-refractivity contribution in [1.82, 2.24) is 9.88 Å². The van der Waals surface area contributed by atoms with Gasteiger partial charge in [0.15, 0.2) is 0 Å². The topological polar surface area (TPSA) is 16.1 Å². The molecule has 1 atom stereocenters. The lowest BCUT2D eigenvalue weighted by molar-refractivity contribution is 0.206. The average molecular weight is 494 g/mol. The summed E-state index contributed by atoms with van der Waals surface area (Å²) in [5, 5.41) is 0. The molecule has 27 heavy (non-hydrogen) atoms. The van der Waals surface area contributed by atoms with Crippen LogP contribution in [0.15, 0.2) is 33.3 Å². The minimum atomic E-state index is 0.407. The summed E-state index contributed by atoms with van der Waals surface area (Å²) in [6.45, 7) is 8.57. The molecular formula is C23H30Br2N2. The van der Waals surface area contributed by atoms with Crippen molar-refractivity contribution in [1.29, 1.82) is 0 Å². The molecule has 1 aliphatic carbocycles. The Morgan fingerprint density at radius 1 is 1.00 bits per heavy atom. The SMILES string of the molecule is CC.Cc1cc(Br)c2c(c1)CCc1cc(Br)cnc1[C@@H]2C1CCN(C)CC1. The summed E-state index contributed by atoms with van der Waals surface area (Å²) in [5.74, 6) is 1.07. The molecule has 2 aromatic rings. The molecule has 0 bridgehead atoms. The quantitative estimate of drug-likeness (QED) is 0.449. The molecular weight excluding hydrogens is 464 g/mol. The van der Waals surface area contributed by atoms with E-state index in [4.69, 9.17) is 4.98 Å². The Labute approximate surface area is 181 Å². The summed E-state index contributed by atoms with van der Waals surface area (Å²) in [6, 6.07) is 6.96. The summed E-state index contributed by atoms with van der Waals surface area (Å²) in [7, 11) is 2.24. The largest absolute Gasteiger partial charge is 0.306 e. The van der Waals surface area contributed by atoms with Gasteiger partial charge in [-0.05, 0) is 109 Å². The van der Waals surface area contributed by atoms with Gasteiger partial charge in [-0.15, -0.1) is 0 Å². The molecule has 4 rings (SSSR count). The normalized spacial score (nSPS) is 20.1. The zero-order valence-corrected chi connectivity index (χ0v) is 20.0. The smallest absolute Gasteiger partial charge is 0.0514 e. The molecule has 2 nitrogen and oxygen atoms in total. The fourth-order valence-electron chi connectivity index (χ4n) is 4.58. The molecule has 0 spiro atoms. The number of hydrogen-bond acceptors (Lipinski definition) is 2. The summed E-state index contributed by atoms with van der Waals surface area (Å²) in [6.07, 6.45) is 6.65. The van der Waals surface area contributed by atoms with Crippen molar-refractivity contribution in [2.24, 2.45) is 5.92 Å². The van der Waals surface area contributed by atoms with Gasteiger partial charge >= 0.3 is 0 Å². The number of piperidine rings is 1. The Balaban J connectivity index is 0.00000102. The van der Waals surface area contributed by atoms with Crippen LogP contribution in [0.3, 0.4) is 0 Å². The molecule has 1 saturated heterocycles. The number of nitrogens with zero attached hydrogens (tertiary/aromatic N) is 2. The molecule has 1 aromatic carbocycles. The van der Waals surface area contributed by atoms with Crippen LogP contribution in [0.25, 0.3) is 0 Å². The third-order valence-electron chi connectivity index (χ3n) is 5.83. The maximum absolute atomic E-state index is 4.94. The highest BCUT2D eigenvalue weighted by molar-refractivity contribution is 9.10. The zero-order valence-electron chi connectivity index (χ0n) is 16.9. The fourth-order valence-corrected chi connectivity index (χ4v) is 5.82. The molecule has 0 amide bonds. The predicted octanol–water partition coefficient (Wildman–Crippen LogP) is 6.51. The van der Waals surface area contributed by atoms with E-state index in [1.54, 1.807) is 0 Å². The van der Waals surface area contributed by atoms with Crippen LogP contribution in [0, 0.1) is 12.8 Å². The molecule has 1 fully saturated rings. The van der Waals surface area contributed by atoms with Gasteiger partial charge in [0, 0.05) is 21.1 Å². The van der Waals surface area contributed by atoms with Crippen LogP contribution >= 0.6 is 31.9 Å². The van der Waals surface area contributed by atoms with Gasteiger partial charge in [0.1, 0.15) is 0 Å². The van der Waals surface area contributed by atoms with E-state index in [-0.39, 0.29) is 0 Å². The number of hydrogen-bond donors (Lipinski definition) is 0. The minimum absolute atomic E-state index is 0.407. The van der Waals surface area contributed by atoms with E-state index in [2.05, 4.69) is 68.9 Å². The lowest BCUT2D eigenvalue weighted by Gasteiger charge is -2.35. The van der Waals surface area contributed by atoms with Crippen molar-refractivity contribution in [2.45, 2.75) is 52.4 Å². The average Bonchev–Trinajstić information content (AvgIpc) is 2.81. The lowest BCUT2D eigenvalue weighted by Crippen LogP contribution is -2.33. The Kier molecular flexibility index (Phi) is 7.15. The predicted molar refractivity (Wildman–Crippen MR) is 122 cm³/mol. The number of fused-ring (bicyclic) bond motifs is 2. The number of pyridine rings is 1. The van der Waals surface area contributed by atoms with Crippen molar-refractivity contribution < 1.29 is 0 Å². The van der Waals surface area contributed by atoms with E-state index in [1.165, 1.54) is 58.4 Å². The zero-order chi connectivity index (χ0) is 19.6. The van der Waals surface area contributed by atoms with E-state index < -0.39 is 0 Å². The van der Waals surface area contributed by atoms with Crippen LogP contribution in [-0.4, -0.2) is 30.0 Å². The standard InChI is InChI=1S/C21H24Br2N2.C2H6/c1-13-9-15-3-4-16-11-17(22)12-24-21(16)20(19(15)18(23)10-13)14-5-7-25(2)8-6-14;1-2/h9-12,14,20H,3-8H2,1-2H3;1-2H3/t20-;/m1./s1. The van der Waals surface area contributed by atoms with Crippen molar-refractivity contribution >= 4 is 31.9 Å². The lowest BCUT2D eigenvalue weighted by atomic mass is 9.76. The van der Waals surface area contributed by atoms with Gasteiger partial charge in [-0.1, -0.05) is 35.8 Å². The fraction of sp³-hybridized carbons (Fsp3) is 0.522. The Bertz CT molecular complexity index is 795. The van der Waals surface area contributed by atoms with E-state index in [0.29, 0.717) is 11.8 Å². The van der Waals surface area contributed by atoms with Gasteiger partial charge < -0.3 is 4.90 Å². The van der Waals surface area contributed by atoms with Gasteiger partial charge in [-0.2, -0.15) is 0 Å². The Hall–Kier alpha value is -0.710. The van der Waals surface area contributed by atoms with Gasteiger partial charge in [-0.3, -0.25) is 4.98 Å². The number of aryl methyl sites for hydroxylation is 3. The second kappa shape index (κ2) is 9.19. The van der Waals surface area contributed by atoms with Gasteiger partial charge in [0.05, 0.1) is 5.69 Å². The van der Waals surface area contributed by atoms with Crippen LogP contribution in [0.4, 0.5) is 0 Å². The molecule has 1 aliphatic heterocycles. The third kappa shape index (κ3) is 4.49. The van der Waals surface area contributed by atoms with E-state index in [1.807, 2.05) is 20.0 Å². The molecule has 1 aromatic heterocycles. The van der Waals surface area contributed by atoms with Crippen LogP contribution in [0.2, 0.25) is 0 Å². The van der Waals surface area contributed by atoms with Crippen LogP contribution in [0.5, 0.6) is 0 Å². The molecule has 0 N–H and O–H groups in total. The van der Waals surface area contributed by atoms with Crippen molar-refractivity contribution in [3.8, 4) is 0 Å². The number of likely N-dealkylation sites (tertiary alicyclic amines) is 1. The van der Waals surface area contributed by atoms with Crippen LogP contribution in [0.1, 0.15) is 60.6 Å². The molecule has 0 unspecified atom stereocenters. The van der Waals surface area contributed by atoms with Gasteiger partial charge in [-0.25, -0.2) is 0 Å². The Morgan fingerprint density at radius 2 is 1.67 bits per heavy atom. The molecule has 2 aliphatic rings. The highest BCUT2D eigenvalue weighted by Gasteiger charge is 2.34. The first kappa shape index (κ1) is 21.0. The van der Waals surface area contributed by atoms with E-state index in [0.717, 1.165) is 17.3 Å². The first-order chi connectivity index (χ1) is 13.0. The number of rotatable bonds is 1. The van der Waals surface area contributed by atoms with Crippen molar-refractivity contribution in [3.05, 3.63) is 61.3 Å². The summed E-state index contributed by atoms with van der Waals surface area (Å²) in [5.41, 5.74) is 7.06. The number of halogens is 2. The highest BCUT2D eigenvalue weighted by atomic mass is 79.9. The van der Waals surface area contributed by atoms with Crippen molar-refractivity contribution in [2.75, 3.05) is 20.1 Å². The first-order valence-electron chi connectivity index (χ1n) is 10.1. The second-order valence-corrected chi connectivity index (χ2v) is 9.41. The van der Waals surface area contributed by atoms with Crippen LogP contribution in [-0.2, 0) is 12.8 Å². The number of aromatic nitrogens is 1. The molecule has 2 heterocycles. The van der Waals surface area contributed by atoms with E-state index >= 15 is 0 Å². The summed E-state index contributed by atoms with van der Waals surface area (Å²) in [4.78, 5) is 7.39. The maximum atomic E-state index is 4.94. The van der Waals surface area contributed by atoms with E-state index in [9.17, 15) is 0 Å². The second-order valence-electron chi connectivity index (χ2n) is 7.64. The third-order valence-corrected chi connectivity index (χ3v) is 6.92. The van der Waals surface area contributed by atoms with Gasteiger partial charge in [0.2, 0.25) is 0 Å². The molecule has 146 valence electrons. The minimum Gasteiger partial charge on any atom is -0.306 e. The molecule has 4 heteroatoms. The van der Waals surface area contributed by atoms with Crippen molar-refractivity contribution in [3.63, 3.8) is 0 Å². The summed E-state index contributed by atoms with van der Waals surface area (Å²) < 4.78 is 2.36. The number of benzene rings is 1. The highest BCUT2D eigenvalue weighted by Crippen LogP contribution is 2.45. The maximum Gasteiger partial charge on any atom is 0.0514 e. The van der Waals surface area contributed by atoms with Gasteiger partial charge in [0.25, 0.3) is 0 Å². The monoisotopic (exact) mass is 492 g/mol.